The van der Waals surface area contributed by atoms with Crippen LogP contribution in [0, 0.1) is 11.8 Å². The number of nitrogens with two attached hydrogens (primary N) is 1. The molecule has 0 spiro atoms. The number of rotatable bonds is 5. The SMILES string of the molecule is CCNc1ncc(C#Cc2ccc(OC)cn2)c2cc(C3(C(N)=O)CC3)ncc12. The van der Waals surface area contributed by atoms with Gasteiger partial charge in [-0.3, -0.25) is 9.78 Å². The Balaban J connectivity index is 1.81. The fourth-order valence-electron chi connectivity index (χ4n) is 3.26. The van der Waals surface area contributed by atoms with Crippen molar-refractivity contribution >= 4 is 22.5 Å². The maximum atomic E-state index is 11.9. The van der Waals surface area contributed by atoms with Crippen molar-refractivity contribution in [3.05, 3.63) is 53.7 Å². The Morgan fingerprint density at radius 2 is 2.00 bits per heavy atom. The minimum Gasteiger partial charge on any atom is -0.495 e. The van der Waals surface area contributed by atoms with Gasteiger partial charge in [-0.2, -0.15) is 0 Å². The number of nitrogens with zero attached hydrogens (tertiary/aromatic N) is 3. The van der Waals surface area contributed by atoms with Crippen molar-refractivity contribution in [2.24, 2.45) is 5.73 Å². The molecule has 1 fully saturated rings. The lowest BCUT2D eigenvalue weighted by Gasteiger charge is -2.13. The van der Waals surface area contributed by atoms with Gasteiger partial charge in [-0.25, -0.2) is 9.97 Å². The predicted molar refractivity (Wildman–Crippen MR) is 111 cm³/mol. The topological polar surface area (TPSA) is 103 Å². The van der Waals surface area contributed by atoms with Crippen molar-refractivity contribution in [3.63, 3.8) is 0 Å². The number of ether oxygens (including phenoxy) is 1. The van der Waals surface area contributed by atoms with Gasteiger partial charge in [0.1, 0.15) is 17.3 Å². The van der Waals surface area contributed by atoms with Crippen LogP contribution in [0.3, 0.4) is 0 Å². The van der Waals surface area contributed by atoms with E-state index in [0.29, 0.717) is 17.1 Å². The van der Waals surface area contributed by atoms with Crippen molar-refractivity contribution in [2.75, 3.05) is 19.0 Å². The van der Waals surface area contributed by atoms with Crippen LogP contribution >= 0.6 is 0 Å². The van der Waals surface area contributed by atoms with Crippen LogP contribution in [0.4, 0.5) is 5.82 Å². The van der Waals surface area contributed by atoms with Gasteiger partial charge in [0.15, 0.2) is 0 Å². The summed E-state index contributed by atoms with van der Waals surface area (Å²) in [5, 5.41) is 4.98. The number of hydrogen-bond donors (Lipinski definition) is 2. The molecule has 1 aliphatic rings. The zero-order valence-electron chi connectivity index (χ0n) is 16.3. The first-order valence-electron chi connectivity index (χ1n) is 9.42. The lowest BCUT2D eigenvalue weighted by molar-refractivity contribution is -0.120. The van der Waals surface area contributed by atoms with E-state index in [0.717, 1.165) is 41.5 Å². The Kier molecular flexibility index (Phi) is 4.77. The fourth-order valence-corrected chi connectivity index (χ4v) is 3.26. The smallest absolute Gasteiger partial charge is 0.229 e. The lowest BCUT2D eigenvalue weighted by atomic mass is 9.98. The van der Waals surface area contributed by atoms with Crippen LogP contribution in [0.2, 0.25) is 0 Å². The summed E-state index contributed by atoms with van der Waals surface area (Å²) in [6, 6.07) is 5.53. The normalized spacial score (nSPS) is 14.0. The third-order valence-corrected chi connectivity index (χ3v) is 5.13. The van der Waals surface area contributed by atoms with E-state index in [1.807, 2.05) is 19.1 Å². The molecule has 3 heterocycles. The van der Waals surface area contributed by atoms with E-state index in [2.05, 4.69) is 32.1 Å². The first-order chi connectivity index (χ1) is 14.1. The van der Waals surface area contributed by atoms with Gasteiger partial charge >= 0.3 is 0 Å². The van der Waals surface area contributed by atoms with Gasteiger partial charge in [-0.15, -0.1) is 0 Å². The summed E-state index contributed by atoms with van der Waals surface area (Å²) >= 11 is 0. The average molecular weight is 387 g/mol. The van der Waals surface area contributed by atoms with E-state index in [-0.39, 0.29) is 5.91 Å². The first-order valence-corrected chi connectivity index (χ1v) is 9.42. The van der Waals surface area contributed by atoms with Crippen LogP contribution in [0.25, 0.3) is 10.8 Å². The Labute approximate surface area is 168 Å². The number of primary amides is 1. The van der Waals surface area contributed by atoms with E-state index in [1.54, 1.807) is 31.8 Å². The van der Waals surface area contributed by atoms with Crippen LogP contribution in [-0.4, -0.2) is 34.5 Å². The monoisotopic (exact) mass is 387 g/mol. The molecule has 29 heavy (non-hydrogen) atoms. The van der Waals surface area contributed by atoms with Crippen LogP contribution in [-0.2, 0) is 10.2 Å². The lowest BCUT2D eigenvalue weighted by Crippen LogP contribution is -2.29. The van der Waals surface area contributed by atoms with Gasteiger partial charge in [0.2, 0.25) is 5.91 Å². The van der Waals surface area contributed by atoms with Gasteiger partial charge in [-0.1, -0.05) is 5.92 Å². The number of fused-ring (bicyclic) bond motifs is 1. The standard InChI is InChI=1S/C22H21N5O2/c1-3-24-20-18-13-26-19(22(8-9-22)21(23)28)10-17(18)14(11-27-20)4-5-15-6-7-16(29-2)12-25-15/h6-7,10-13H,3,8-9H2,1-2H3,(H2,23,28)(H,24,27). The Morgan fingerprint density at radius 1 is 1.17 bits per heavy atom. The second-order valence-corrected chi connectivity index (χ2v) is 6.95. The second-order valence-electron chi connectivity index (χ2n) is 6.95. The van der Waals surface area contributed by atoms with E-state index in [4.69, 9.17) is 10.5 Å². The molecule has 0 radical (unpaired) electrons. The summed E-state index contributed by atoms with van der Waals surface area (Å²) in [6.45, 7) is 2.74. The number of amides is 1. The largest absolute Gasteiger partial charge is 0.495 e. The van der Waals surface area contributed by atoms with Crippen molar-refractivity contribution < 1.29 is 9.53 Å². The molecule has 0 atom stereocenters. The quantitative estimate of drug-likeness (QED) is 0.652. The molecule has 1 aliphatic carbocycles. The van der Waals surface area contributed by atoms with Crippen molar-refractivity contribution in [1.29, 1.82) is 0 Å². The first kappa shape index (κ1) is 18.7. The van der Waals surface area contributed by atoms with Gasteiger partial charge in [0.05, 0.1) is 30.0 Å². The zero-order valence-corrected chi connectivity index (χ0v) is 16.3. The zero-order chi connectivity index (χ0) is 20.4. The Bertz CT molecular complexity index is 1140. The molecule has 3 aromatic heterocycles. The number of pyridine rings is 3. The van der Waals surface area contributed by atoms with Crippen LogP contribution in [0.1, 0.15) is 36.7 Å². The molecule has 1 amide bonds. The fraction of sp³-hybridized carbons (Fsp3) is 0.273. The number of methoxy groups -OCH3 is 1. The van der Waals surface area contributed by atoms with E-state index >= 15 is 0 Å². The molecule has 146 valence electrons. The highest BCUT2D eigenvalue weighted by Gasteiger charge is 2.51. The Hall–Kier alpha value is -3.66. The summed E-state index contributed by atoms with van der Waals surface area (Å²) in [5.74, 6) is 7.29. The van der Waals surface area contributed by atoms with Crippen LogP contribution in [0.15, 0.2) is 36.8 Å². The minimum atomic E-state index is -0.655. The third kappa shape index (κ3) is 3.45. The number of carbonyl (C=O) groups is 1. The maximum absolute atomic E-state index is 11.9. The highest BCUT2D eigenvalue weighted by Crippen LogP contribution is 2.47. The Morgan fingerprint density at radius 3 is 2.62 bits per heavy atom. The third-order valence-electron chi connectivity index (χ3n) is 5.13. The predicted octanol–water partition coefficient (Wildman–Crippen LogP) is 2.38. The summed E-state index contributed by atoms with van der Waals surface area (Å²) < 4.78 is 5.12. The van der Waals surface area contributed by atoms with Gasteiger partial charge in [0, 0.05) is 29.7 Å². The van der Waals surface area contributed by atoms with E-state index in [1.165, 1.54) is 0 Å². The molecule has 7 heteroatoms. The van der Waals surface area contributed by atoms with Gasteiger partial charge < -0.3 is 15.8 Å². The number of aromatic nitrogens is 3. The molecule has 4 rings (SSSR count). The highest BCUT2D eigenvalue weighted by atomic mass is 16.5. The van der Waals surface area contributed by atoms with Crippen molar-refractivity contribution in [1.82, 2.24) is 15.0 Å². The van der Waals surface area contributed by atoms with E-state index in [9.17, 15) is 4.79 Å². The number of anilines is 1. The van der Waals surface area contributed by atoms with Gasteiger partial charge in [-0.05, 0) is 43.9 Å². The summed E-state index contributed by atoms with van der Waals surface area (Å²) in [4.78, 5) is 25.2. The molecule has 7 nitrogen and oxygen atoms in total. The molecule has 0 saturated heterocycles. The maximum Gasteiger partial charge on any atom is 0.229 e. The van der Waals surface area contributed by atoms with E-state index < -0.39 is 5.41 Å². The summed E-state index contributed by atoms with van der Waals surface area (Å²) in [7, 11) is 1.59. The average Bonchev–Trinajstić information content (AvgIpc) is 3.55. The van der Waals surface area contributed by atoms with Crippen LogP contribution < -0.4 is 15.8 Å². The minimum absolute atomic E-state index is 0.333. The number of nitrogens with one attached hydrogen (secondary N) is 1. The summed E-state index contributed by atoms with van der Waals surface area (Å²) in [5.41, 5.74) is 7.03. The number of carbonyl (C=O) groups excluding carboxylic acids is 1. The van der Waals surface area contributed by atoms with Crippen molar-refractivity contribution in [3.8, 4) is 17.6 Å². The molecule has 0 aliphatic heterocycles. The molecular formula is C22H21N5O2. The molecular weight excluding hydrogens is 366 g/mol. The molecule has 0 unspecified atom stereocenters. The molecule has 3 aromatic rings. The summed E-state index contributed by atoms with van der Waals surface area (Å²) in [6.07, 6.45) is 6.55. The van der Waals surface area contributed by atoms with Gasteiger partial charge in [0.25, 0.3) is 0 Å². The highest BCUT2D eigenvalue weighted by molar-refractivity contribution is 5.97. The molecule has 0 aromatic carbocycles. The molecule has 1 saturated carbocycles. The van der Waals surface area contributed by atoms with Crippen LogP contribution in [0.5, 0.6) is 5.75 Å². The number of hydrogen-bond acceptors (Lipinski definition) is 6. The molecule has 0 bridgehead atoms. The van der Waals surface area contributed by atoms with Crippen molar-refractivity contribution in [2.45, 2.75) is 25.2 Å². The molecule has 3 N–H and O–H groups in total. The second kappa shape index (κ2) is 7.40.